The van der Waals surface area contributed by atoms with Crippen molar-refractivity contribution in [2.24, 2.45) is 5.84 Å². The Morgan fingerprint density at radius 1 is 1.11 bits per heavy atom. The van der Waals surface area contributed by atoms with Gasteiger partial charge in [-0.15, -0.1) is 0 Å². The van der Waals surface area contributed by atoms with Gasteiger partial charge in [0.05, 0.1) is 11.7 Å². The van der Waals surface area contributed by atoms with E-state index in [1.165, 1.54) is 0 Å². The number of pyridine rings is 1. The summed E-state index contributed by atoms with van der Waals surface area (Å²) in [5.74, 6) is 1.33. The lowest BCUT2D eigenvalue weighted by molar-refractivity contribution is 0.432. The van der Waals surface area contributed by atoms with Gasteiger partial charge < -0.3 is 0 Å². The summed E-state index contributed by atoms with van der Waals surface area (Å²) in [4.78, 5) is 4.19. The highest BCUT2D eigenvalue weighted by Gasteiger charge is 2.22. The third-order valence-corrected chi connectivity index (χ3v) is 2.75. The lowest BCUT2D eigenvalue weighted by Gasteiger charge is -2.17. The maximum Gasteiger partial charge on any atom is 0.194 e. The van der Waals surface area contributed by atoms with Gasteiger partial charge in [-0.1, -0.05) is 12.1 Å². The zero-order valence-electron chi connectivity index (χ0n) is 10.1. The molecule has 0 saturated heterocycles. The second-order valence-corrected chi connectivity index (χ2v) is 4.07. The van der Waals surface area contributed by atoms with E-state index in [4.69, 9.17) is 5.84 Å². The lowest BCUT2D eigenvalue weighted by atomic mass is 10.0. The summed E-state index contributed by atoms with van der Waals surface area (Å²) >= 11 is 0. The molecule has 1 unspecified atom stereocenters. The maximum atomic E-state index is 13.7. The Bertz CT molecular complexity index is 602. The molecular formula is C13H12F3N3. The molecule has 0 aliphatic rings. The summed E-state index contributed by atoms with van der Waals surface area (Å²) in [6.07, 6.45) is 0. The summed E-state index contributed by atoms with van der Waals surface area (Å²) in [7, 11) is 0. The van der Waals surface area contributed by atoms with Crippen molar-refractivity contribution in [2.45, 2.75) is 13.0 Å². The van der Waals surface area contributed by atoms with E-state index in [2.05, 4.69) is 10.4 Å². The summed E-state index contributed by atoms with van der Waals surface area (Å²) in [6.45, 7) is 1.76. The molecule has 0 aliphatic carbocycles. The van der Waals surface area contributed by atoms with E-state index in [1.54, 1.807) is 25.1 Å². The normalized spacial score (nSPS) is 12.5. The van der Waals surface area contributed by atoms with Gasteiger partial charge in [0.15, 0.2) is 17.5 Å². The van der Waals surface area contributed by atoms with Crippen molar-refractivity contribution in [2.75, 3.05) is 0 Å². The molecule has 0 bridgehead atoms. The Morgan fingerprint density at radius 2 is 1.84 bits per heavy atom. The van der Waals surface area contributed by atoms with Crippen LogP contribution in [0.3, 0.4) is 0 Å². The third kappa shape index (κ3) is 2.59. The molecule has 0 saturated carbocycles. The number of hydrogen-bond donors (Lipinski definition) is 2. The molecule has 100 valence electrons. The lowest BCUT2D eigenvalue weighted by Crippen LogP contribution is -2.30. The minimum absolute atomic E-state index is 0.0977. The number of hydrogen-bond acceptors (Lipinski definition) is 3. The number of nitrogens with one attached hydrogen (secondary N) is 1. The molecule has 3 nitrogen and oxygen atoms in total. The van der Waals surface area contributed by atoms with Gasteiger partial charge in [0.1, 0.15) is 0 Å². The molecule has 6 heteroatoms. The third-order valence-electron chi connectivity index (χ3n) is 2.75. The van der Waals surface area contributed by atoms with Gasteiger partial charge in [-0.2, -0.15) is 0 Å². The number of nitrogens with zero attached hydrogens (tertiary/aromatic N) is 1. The highest BCUT2D eigenvalue weighted by molar-refractivity contribution is 5.30. The van der Waals surface area contributed by atoms with Crippen LogP contribution < -0.4 is 11.3 Å². The van der Waals surface area contributed by atoms with E-state index in [-0.39, 0.29) is 5.56 Å². The van der Waals surface area contributed by atoms with Gasteiger partial charge in [-0.25, -0.2) is 18.6 Å². The van der Waals surface area contributed by atoms with Crippen molar-refractivity contribution in [3.05, 3.63) is 64.7 Å². The molecule has 2 aromatic rings. The molecule has 2 rings (SSSR count). The number of hydrazine groups is 1. The van der Waals surface area contributed by atoms with Crippen LogP contribution in [0.5, 0.6) is 0 Å². The molecule has 1 aromatic heterocycles. The molecule has 1 atom stereocenters. The van der Waals surface area contributed by atoms with Gasteiger partial charge in [0.2, 0.25) is 0 Å². The molecule has 0 radical (unpaired) electrons. The molecule has 19 heavy (non-hydrogen) atoms. The van der Waals surface area contributed by atoms with Gasteiger partial charge in [0.25, 0.3) is 0 Å². The van der Waals surface area contributed by atoms with E-state index in [0.717, 1.165) is 12.1 Å². The van der Waals surface area contributed by atoms with Crippen LogP contribution in [0.2, 0.25) is 0 Å². The zero-order chi connectivity index (χ0) is 14.0. The predicted molar refractivity (Wildman–Crippen MR) is 64.5 cm³/mol. The molecular weight excluding hydrogens is 255 g/mol. The van der Waals surface area contributed by atoms with Crippen LogP contribution in [-0.2, 0) is 0 Å². The second-order valence-electron chi connectivity index (χ2n) is 4.07. The molecule has 0 spiro atoms. The van der Waals surface area contributed by atoms with Gasteiger partial charge in [-0.3, -0.25) is 10.8 Å². The topological polar surface area (TPSA) is 50.9 Å². The van der Waals surface area contributed by atoms with Gasteiger partial charge in [0, 0.05) is 11.3 Å². The molecule has 0 amide bonds. The first-order chi connectivity index (χ1) is 9.04. The smallest absolute Gasteiger partial charge is 0.194 e. The van der Waals surface area contributed by atoms with Crippen molar-refractivity contribution in [1.29, 1.82) is 0 Å². The monoisotopic (exact) mass is 267 g/mol. The predicted octanol–water partition coefficient (Wildman–Crippen LogP) is 2.36. The summed E-state index contributed by atoms with van der Waals surface area (Å²) in [5.41, 5.74) is 3.39. The van der Waals surface area contributed by atoms with E-state index in [1.807, 2.05) is 0 Å². The van der Waals surface area contributed by atoms with Crippen molar-refractivity contribution >= 4 is 0 Å². The average Bonchev–Trinajstić information content (AvgIpc) is 2.40. The number of rotatable bonds is 3. The Labute approximate surface area is 108 Å². The van der Waals surface area contributed by atoms with Crippen LogP contribution >= 0.6 is 0 Å². The second kappa shape index (κ2) is 5.38. The molecule has 0 aliphatic heterocycles. The molecule has 0 fully saturated rings. The first-order valence-corrected chi connectivity index (χ1v) is 5.57. The van der Waals surface area contributed by atoms with Crippen LogP contribution in [0.25, 0.3) is 0 Å². The van der Waals surface area contributed by atoms with Crippen LogP contribution in [0.15, 0.2) is 30.3 Å². The first kappa shape index (κ1) is 13.5. The molecule has 1 heterocycles. The van der Waals surface area contributed by atoms with Crippen LogP contribution in [0, 0.1) is 24.4 Å². The highest BCUT2D eigenvalue weighted by atomic mass is 19.2. The Balaban J connectivity index is 2.51. The number of aryl methyl sites for hydroxylation is 1. The first-order valence-electron chi connectivity index (χ1n) is 5.57. The highest BCUT2D eigenvalue weighted by Crippen LogP contribution is 2.25. The minimum atomic E-state index is -1.52. The fourth-order valence-electron chi connectivity index (χ4n) is 1.82. The van der Waals surface area contributed by atoms with E-state index in [0.29, 0.717) is 11.4 Å². The molecule has 3 N–H and O–H groups in total. The van der Waals surface area contributed by atoms with Crippen LogP contribution in [0.1, 0.15) is 23.0 Å². The van der Waals surface area contributed by atoms with Gasteiger partial charge >= 0.3 is 0 Å². The van der Waals surface area contributed by atoms with E-state index < -0.39 is 23.5 Å². The van der Waals surface area contributed by atoms with E-state index in [9.17, 15) is 13.2 Å². The van der Waals surface area contributed by atoms with Crippen molar-refractivity contribution in [3.63, 3.8) is 0 Å². The van der Waals surface area contributed by atoms with Gasteiger partial charge in [-0.05, 0) is 25.1 Å². The number of aromatic nitrogens is 1. The number of halogens is 3. The van der Waals surface area contributed by atoms with Crippen molar-refractivity contribution < 1.29 is 13.2 Å². The summed E-state index contributed by atoms with van der Waals surface area (Å²) in [6, 6.07) is 6.25. The number of benzene rings is 1. The quantitative estimate of drug-likeness (QED) is 0.510. The van der Waals surface area contributed by atoms with Crippen LogP contribution in [0.4, 0.5) is 13.2 Å². The fourth-order valence-corrected chi connectivity index (χ4v) is 1.82. The maximum absolute atomic E-state index is 13.7. The molecule has 1 aromatic carbocycles. The van der Waals surface area contributed by atoms with E-state index >= 15 is 0 Å². The largest absolute Gasteiger partial charge is 0.271 e. The zero-order valence-corrected chi connectivity index (χ0v) is 10.1. The van der Waals surface area contributed by atoms with Crippen LogP contribution in [-0.4, -0.2) is 4.98 Å². The number of nitrogens with two attached hydrogens (primary N) is 1. The minimum Gasteiger partial charge on any atom is -0.271 e. The average molecular weight is 267 g/mol. The summed E-state index contributed by atoms with van der Waals surface area (Å²) < 4.78 is 39.9. The standard InChI is InChI=1S/C13H12F3N3/c1-7-3-2-4-10(18-7)13(19-17)8-5-6-9(14)12(16)11(8)15/h2-6,13,19H,17H2,1H3. The van der Waals surface area contributed by atoms with Crippen molar-refractivity contribution in [3.8, 4) is 0 Å². The fraction of sp³-hybridized carbons (Fsp3) is 0.154. The summed E-state index contributed by atoms with van der Waals surface area (Å²) in [5, 5.41) is 0. The Hall–Kier alpha value is -1.92. The Morgan fingerprint density at radius 3 is 2.47 bits per heavy atom. The van der Waals surface area contributed by atoms with Crippen molar-refractivity contribution in [1.82, 2.24) is 10.4 Å². The SMILES string of the molecule is Cc1cccc(C(NN)c2ccc(F)c(F)c2F)n1. The Kier molecular flexibility index (Phi) is 3.82.